The summed E-state index contributed by atoms with van der Waals surface area (Å²) in [6.07, 6.45) is 45.3. The van der Waals surface area contributed by atoms with Crippen LogP contribution in [0.5, 0.6) is 11.5 Å². The zero-order valence-corrected chi connectivity index (χ0v) is 79.0. The molecule has 6 aliphatic rings. The average Bonchev–Trinajstić information content (AvgIpc) is 1.65. The quantitative estimate of drug-likeness (QED) is 0.0409. The van der Waals surface area contributed by atoms with Crippen LogP contribution in [-0.2, 0) is 4.79 Å². The average molecular weight is 1880 g/mol. The first kappa shape index (κ1) is 83.8. The predicted molar refractivity (Wildman–Crippen MR) is 528 cm³/mol. The molecule has 4 aromatic carbocycles. The molecule has 1 amide bonds. The van der Waals surface area contributed by atoms with E-state index in [0.29, 0.717) is 36.4 Å². The summed E-state index contributed by atoms with van der Waals surface area (Å²) in [5.41, 5.74) is 9.00. The molecule has 3 unspecified atom stereocenters. The first-order chi connectivity index (χ1) is 64.5. The van der Waals surface area contributed by atoms with Gasteiger partial charge in [0.15, 0.2) is 22.8 Å². The number of methoxy groups -OCH3 is 2. The van der Waals surface area contributed by atoms with Gasteiger partial charge in [-0.25, -0.2) is 57.0 Å². The smallest absolute Gasteiger partial charge is 0.221 e. The highest BCUT2D eigenvalue weighted by Gasteiger charge is 2.70. The first-order valence-corrected chi connectivity index (χ1v) is 52.2. The fourth-order valence-corrected chi connectivity index (χ4v) is 27.9. The summed E-state index contributed by atoms with van der Waals surface area (Å²) in [7, 11) is 3.36. The topological polar surface area (TPSA) is 287 Å². The van der Waals surface area contributed by atoms with Crippen molar-refractivity contribution in [1.82, 2.24) is 92.6 Å². The zero-order valence-electron chi connectivity index (χ0n) is 73.3. The van der Waals surface area contributed by atoms with Gasteiger partial charge in [0.1, 0.15) is 0 Å². The Labute approximate surface area is 784 Å². The molecule has 131 heavy (non-hydrogen) atoms. The van der Waals surface area contributed by atoms with E-state index in [-0.39, 0.29) is 30.0 Å². The Bertz CT molecular complexity index is 7080. The fourth-order valence-electron chi connectivity index (χ4n) is 21.7. The number of benzene rings is 4. The number of hydrogen-bond acceptors (Lipinski definition) is 29. The highest BCUT2D eigenvalue weighted by Crippen LogP contribution is 2.61. The number of anilines is 7. The van der Waals surface area contributed by atoms with Gasteiger partial charge < -0.3 is 45.4 Å². The first-order valence-electron chi connectivity index (χ1n) is 46.3. The fraction of sp³-hybridized carbons (Fsp3) is 0.411. The maximum atomic E-state index is 11.3. The van der Waals surface area contributed by atoms with Crippen molar-refractivity contribution in [2.75, 3.05) is 50.2 Å². The summed E-state index contributed by atoms with van der Waals surface area (Å²) < 4.78 is 24.2. The van der Waals surface area contributed by atoms with E-state index in [4.69, 9.17) is 70.3 Å². The van der Waals surface area contributed by atoms with Gasteiger partial charge in [-0.2, -0.15) is 11.3 Å². The molecule has 18 aromatic rings. The van der Waals surface area contributed by atoms with Gasteiger partial charge in [-0.3, -0.25) is 9.78 Å². The number of nitrogens with one attached hydrogen (secondary N) is 4. The third-order valence-electron chi connectivity index (χ3n) is 27.8. The van der Waals surface area contributed by atoms with Crippen LogP contribution in [0, 0.1) is 0 Å². The largest absolute Gasteiger partial charge is 0.493 e. The van der Waals surface area contributed by atoms with E-state index in [1.54, 1.807) is 93.6 Å². The Morgan fingerprint density at radius 1 is 0.412 bits per heavy atom. The van der Waals surface area contributed by atoms with Crippen molar-refractivity contribution < 1.29 is 14.3 Å². The number of thiophene rings is 1. The third-order valence-corrected chi connectivity index (χ3v) is 33.8. The molecule has 0 bridgehead atoms. The van der Waals surface area contributed by atoms with Crippen LogP contribution in [0.15, 0.2) is 163 Å². The lowest BCUT2D eigenvalue weighted by atomic mass is 9.67. The predicted octanol–water partition coefficient (Wildman–Crippen LogP) is 22.7. The number of amides is 1. The summed E-state index contributed by atoms with van der Waals surface area (Å²) in [6, 6.07) is 36.3. The summed E-state index contributed by atoms with van der Waals surface area (Å²) in [4.78, 5) is 60.7. The van der Waals surface area contributed by atoms with Gasteiger partial charge in [-0.15, -0.1) is 30.6 Å². The number of ether oxygens (including phenoxy) is 2. The standard InChI is InChI=1S/C77H81N21O2S6.C18H21N5OS/c1-99-64-32-31-51(39-65(64)100-2)60-43-79-69-94(60)87-67(103-69)85-76(91(56-23-9-4-10-24-56)73-88-98-63(46-83-72(98)104-73)54-34-37-101-47-54)35-33-52(61-44-80-68-95(61)86-66(102-68)84-55-21-7-3-8-22-55)40-77(76,93(58-27-13-6-14-28-58)75-90-97-62(45-82-71(97)106-75)53-20-17-36-78-41-53)92(57-25-11-5-12-26-57)74-89-96-59(42-81-70(96)105-74)50-30-29-48-18-15-16-19-49(48)38-50;1-12(24)20-15-9-5-6-13(10-15)16-11-19-18-23(16)22-17(25-18)21-14-7-3-2-4-8-14/h15-20,29-32,34,36-39,41-47,52,55-58H,3-14,21-28,33,35,40H2,1-2H3,(H,84,86)(H,85,87);5-6,9-11,14H,2-4,7-8H2,1H3,(H,20,24)(H,21,22). The second-order valence-corrected chi connectivity index (χ2v) is 42.2. The van der Waals surface area contributed by atoms with Crippen molar-refractivity contribution in [3.63, 3.8) is 0 Å². The zero-order chi connectivity index (χ0) is 87.7. The third kappa shape index (κ3) is 15.7. The van der Waals surface area contributed by atoms with Crippen LogP contribution >= 0.6 is 79.4 Å². The van der Waals surface area contributed by atoms with E-state index < -0.39 is 11.3 Å². The second-order valence-electron chi connectivity index (χ2n) is 35.8. The van der Waals surface area contributed by atoms with E-state index >= 15 is 0 Å². The molecule has 0 spiro atoms. The van der Waals surface area contributed by atoms with Gasteiger partial charge in [-0.05, 0) is 148 Å². The Morgan fingerprint density at radius 2 is 0.878 bits per heavy atom. The van der Waals surface area contributed by atoms with Crippen LogP contribution < -0.4 is 45.4 Å². The molecule has 36 heteroatoms. The van der Waals surface area contributed by atoms with Crippen LogP contribution in [0.2, 0.25) is 0 Å². The van der Waals surface area contributed by atoms with E-state index in [0.717, 1.165) is 244 Å². The van der Waals surface area contributed by atoms with Crippen molar-refractivity contribution in [1.29, 1.82) is 0 Å². The van der Waals surface area contributed by atoms with Gasteiger partial charge >= 0.3 is 0 Å². The van der Waals surface area contributed by atoms with Crippen molar-refractivity contribution in [3.05, 3.63) is 169 Å². The number of carbonyl (C=O) groups is 1. The molecule has 6 saturated carbocycles. The van der Waals surface area contributed by atoms with Crippen molar-refractivity contribution in [2.24, 2.45) is 0 Å². The minimum atomic E-state index is -1.20. The van der Waals surface area contributed by atoms with E-state index in [1.165, 1.54) is 69.1 Å². The number of rotatable bonds is 24. The van der Waals surface area contributed by atoms with Crippen molar-refractivity contribution in [2.45, 2.75) is 234 Å². The SMILES string of the molecule is CC(=O)Nc1cccc(-c2cnc3sc(NC4CCCCC4)nn23)c1.COc1ccc(-c2cnc3sc(NC4(N(c5nn6c(-c7ccsc7)cnc6s5)C5CCCCC5)CCC(c5cnc6sc(NC7CCCCC7)nn56)CC4(N(c4nn5c(-c6cccnc6)cnc5s4)C4CCCCC4)N(c4nn5c(-c6ccc7ccccc7c6)cnc5s4)C4CCCCC4)nn23)cc1OC. The van der Waals surface area contributed by atoms with Crippen LogP contribution in [0.3, 0.4) is 0 Å². The van der Waals surface area contributed by atoms with Crippen LogP contribution in [0.1, 0.15) is 198 Å². The Kier molecular flexibility index (Phi) is 22.9. The molecule has 6 fully saturated rings. The molecule has 0 radical (unpaired) electrons. The maximum absolute atomic E-state index is 11.3. The normalized spacial score (nSPS) is 19.5. The molecule has 672 valence electrons. The highest BCUT2D eigenvalue weighted by molar-refractivity contribution is 7.22. The molecule has 29 nitrogen and oxygen atoms in total. The number of hydrogen-bond donors (Lipinski definition) is 4. The molecule has 0 aliphatic heterocycles. The highest BCUT2D eigenvalue weighted by atomic mass is 32.1. The second kappa shape index (κ2) is 35.9. The molecular weight excluding hydrogens is 1780 g/mol. The Morgan fingerprint density at radius 3 is 1.43 bits per heavy atom. The molecule has 0 saturated heterocycles. The minimum absolute atomic E-state index is 0.0158. The molecule has 6 aliphatic carbocycles. The molecule has 14 heterocycles. The van der Waals surface area contributed by atoms with Crippen LogP contribution in [0.25, 0.3) is 96.8 Å². The molecule has 3 atom stereocenters. The van der Waals surface area contributed by atoms with Crippen LogP contribution in [-0.4, -0.2) is 154 Å². The number of imidazole rings is 6. The number of nitrogens with zero attached hydrogens (tertiary/aromatic N) is 22. The summed E-state index contributed by atoms with van der Waals surface area (Å²) in [5, 5.41) is 61.6. The van der Waals surface area contributed by atoms with Gasteiger partial charge in [0.2, 0.25) is 66.5 Å². The Hall–Kier alpha value is -11.5. The summed E-state index contributed by atoms with van der Waals surface area (Å²) >= 11 is 11.6. The van der Waals surface area contributed by atoms with Gasteiger partial charge in [0.25, 0.3) is 0 Å². The molecular formula is C95H102N26O3S7. The lowest BCUT2D eigenvalue weighted by Crippen LogP contribution is -2.85. The maximum Gasteiger partial charge on any atom is 0.221 e. The van der Waals surface area contributed by atoms with Crippen molar-refractivity contribution in [3.8, 4) is 67.8 Å². The van der Waals surface area contributed by atoms with Gasteiger partial charge in [0.05, 0.1) is 85.6 Å². The van der Waals surface area contributed by atoms with Gasteiger partial charge in [0, 0.05) is 101 Å². The summed E-state index contributed by atoms with van der Waals surface area (Å²) in [5.74, 6) is 1.06. The molecule has 24 rings (SSSR count). The minimum Gasteiger partial charge on any atom is -0.493 e. The number of carbonyl (C=O) groups excluding carboxylic acids is 1. The van der Waals surface area contributed by atoms with E-state index in [2.05, 4.69) is 136 Å². The Balaban J connectivity index is 0.000000336. The van der Waals surface area contributed by atoms with E-state index in [9.17, 15) is 4.79 Å². The summed E-state index contributed by atoms with van der Waals surface area (Å²) in [6.45, 7) is 1.51. The van der Waals surface area contributed by atoms with Gasteiger partial charge in [-0.1, -0.05) is 213 Å². The van der Waals surface area contributed by atoms with Crippen molar-refractivity contribution >= 4 is 162 Å². The number of aromatic nitrogens is 19. The molecule has 14 aromatic heterocycles. The lowest BCUT2D eigenvalue weighted by Gasteiger charge is -2.69. The van der Waals surface area contributed by atoms with Crippen LogP contribution in [0.4, 0.5) is 36.5 Å². The molecule has 4 N–H and O–H groups in total. The number of pyridine rings is 1. The number of fused-ring (bicyclic) bond motifs is 7. The monoisotopic (exact) mass is 1880 g/mol. The van der Waals surface area contributed by atoms with E-state index in [1.807, 2.05) is 94.9 Å². The lowest BCUT2D eigenvalue weighted by molar-refractivity contribution is -0.114.